The highest BCUT2D eigenvalue weighted by atomic mass is 35.5. The summed E-state index contributed by atoms with van der Waals surface area (Å²) >= 11 is 19.9. The lowest BCUT2D eigenvalue weighted by Crippen LogP contribution is -2.07. The van der Waals surface area contributed by atoms with Gasteiger partial charge in [0.2, 0.25) is 0 Å². The van der Waals surface area contributed by atoms with E-state index in [9.17, 15) is 0 Å². The molecule has 1 aliphatic rings. The zero-order valence-electron chi connectivity index (χ0n) is 9.72. The van der Waals surface area contributed by atoms with Crippen molar-refractivity contribution in [2.75, 3.05) is 0 Å². The first-order chi connectivity index (χ1) is 8.16. The Kier molecular flexibility index (Phi) is 5.48. The van der Waals surface area contributed by atoms with Crippen LogP contribution in [0.4, 0.5) is 0 Å². The molecule has 0 radical (unpaired) electrons. The molecule has 0 N–H and O–H groups in total. The average Bonchev–Trinajstić information content (AvgIpc) is 2.67. The molecule has 0 spiro atoms. The van der Waals surface area contributed by atoms with Gasteiger partial charge in [-0.2, -0.15) is 0 Å². The molecule has 0 aromatic carbocycles. The van der Waals surface area contributed by atoms with Crippen LogP contribution in [0.2, 0.25) is 8.67 Å². The lowest BCUT2D eigenvalue weighted by molar-refractivity contribution is 0.331. The summed E-state index contributed by atoms with van der Waals surface area (Å²) in [6.45, 7) is 0. The van der Waals surface area contributed by atoms with Crippen molar-refractivity contribution in [3.8, 4) is 0 Å². The van der Waals surface area contributed by atoms with Crippen LogP contribution < -0.4 is 0 Å². The van der Waals surface area contributed by atoms with Crippen molar-refractivity contribution in [1.29, 1.82) is 0 Å². The van der Waals surface area contributed by atoms with Crippen LogP contribution in [0.5, 0.6) is 0 Å². The molecule has 1 atom stereocenters. The minimum Gasteiger partial charge on any atom is -0.118 e. The third-order valence-corrected chi connectivity index (χ3v) is 5.54. The van der Waals surface area contributed by atoms with Crippen LogP contribution in [-0.2, 0) is 0 Å². The Morgan fingerprint density at radius 1 is 1.24 bits per heavy atom. The Labute approximate surface area is 122 Å². The third kappa shape index (κ3) is 4.02. The Morgan fingerprint density at radius 3 is 2.53 bits per heavy atom. The molecule has 1 aromatic heterocycles. The monoisotopic (exact) mass is 310 g/mol. The molecule has 0 aliphatic heterocycles. The molecule has 1 aliphatic carbocycles. The molecule has 1 saturated carbocycles. The summed E-state index contributed by atoms with van der Waals surface area (Å²) in [6.07, 6.45) is 9.18. The summed E-state index contributed by atoms with van der Waals surface area (Å²) in [5.74, 6) is 0.873. The highest BCUT2D eigenvalue weighted by molar-refractivity contribution is 7.20. The molecule has 0 nitrogen and oxygen atoms in total. The second-order valence-corrected chi connectivity index (χ2v) is 7.64. The fourth-order valence-corrected chi connectivity index (χ4v) is 4.58. The molecule has 17 heavy (non-hydrogen) atoms. The fraction of sp³-hybridized carbons (Fsp3) is 0.692. The van der Waals surface area contributed by atoms with Gasteiger partial charge in [0.1, 0.15) is 0 Å². The molecule has 96 valence electrons. The van der Waals surface area contributed by atoms with Gasteiger partial charge < -0.3 is 0 Å². The lowest BCUT2D eigenvalue weighted by Gasteiger charge is -2.22. The van der Waals surface area contributed by atoms with Crippen molar-refractivity contribution in [3.63, 3.8) is 0 Å². The van der Waals surface area contributed by atoms with E-state index >= 15 is 0 Å². The number of rotatable bonds is 4. The highest BCUT2D eigenvalue weighted by Crippen LogP contribution is 2.40. The maximum atomic E-state index is 6.41. The van der Waals surface area contributed by atoms with Crippen molar-refractivity contribution < 1.29 is 0 Å². The van der Waals surface area contributed by atoms with Gasteiger partial charge >= 0.3 is 0 Å². The van der Waals surface area contributed by atoms with Crippen LogP contribution in [0.3, 0.4) is 0 Å². The summed E-state index contributed by atoms with van der Waals surface area (Å²) in [4.78, 5) is 0. The van der Waals surface area contributed by atoms with E-state index < -0.39 is 0 Å². The van der Waals surface area contributed by atoms with E-state index in [0.29, 0.717) is 0 Å². The van der Waals surface area contributed by atoms with Gasteiger partial charge in [-0.15, -0.1) is 22.9 Å². The van der Waals surface area contributed by atoms with Crippen LogP contribution in [0, 0.1) is 5.92 Å². The quantitative estimate of drug-likeness (QED) is 0.543. The van der Waals surface area contributed by atoms with Crippen LogP contribution >= 0.6 is 46.1 Å². The van der Waals surface area contributed by atoms with E-state index in [-0.39, 0.29) is 5.38 Å². The zero-order valence-corrected chi connectivity index (χ0v) is 12.8. The van der Waals surface area contributed by atoms with Crippen molar-refractivity contribution in [1.82, 2.24) is 0 Å². The van der Waals surface area contributed by atoms with Gasteiger partial charge in [-0.05, 0) is 24.8 Å². The Morgan fingerprint density at radius 2 is 1.94 bits per heavy atom. The number of thiophene rings is 1. The molecule has 1 heterocycles. The van der Waals surface area contributed by atoms with Crippen LogP contribution in [-0.4, -0.2) is 0 Å². The minimum absolute atomic E-state index is 0.0215. The highest BCUT2D eigenvalue weighted by Gasteiger charge is 2.19. The van der Waals surface area contributed by atoms with Crippen LogP contribution in [0.15, 0.2) is 6.07 Å². The van der Waals surface area contributed by atoms with Gasteiger partial charge in [0.05, 0.1) is 14.0 Å². The largest absolute Gasteiger partial charge is 0.118 e. The molecular formula is C13H17Cl3S. The summed E-state index contributed by atoms with van der Waals surface area (Å²) in [7, 11) is 0. The first-order valence-electron chi connectivity index (χ1n) is 6.25. The average molecular weight is 312 g/mol. The summed E-state index contributed by atoms with van der Waals surface area (Å²) in [5.41, 5.74) is 1.01. The minimum atomic E-state index is 0.0215. The van der Waals surface area contributed by atoms with E-state index in [1.807, 2.05) is 6.07 Å². The van der Waals surface area contributed by atoms with Gasteiger partial charge in [-0.25, -0.2) is 0 Å². The smallest absolute Gasteiger partial charge is 0.0991 e. The Bertz CT molecular complexity index is 356. The SMILES string of the molecule is Clc1cc(C(Cl)CCC2CCCCC2)c(Cl)s1. The number of alkyl halides is 1. The summed E-state index contributed by atoms with van der Waals surface area (Å²) in [5, 5.41) is 0.0215. The fourth-order valence-electron chi connectivity index (χ4n) is 2.58. The van der Waals surface area contributed by atoms with Crippen LogP contribution in [0.25, 0.3) is 0 Å². The Hall–Kier alpha value is 0.570. The predicted molar refractivity (Wildman–Crippen MR) is 78.7 cm³/mol. The molecule has 2 rings (SSSR count). The predicted octanol–water partition coefficient (Wildman–Crippen LogP) is 6.70. The second kappa shape index (κ2) is 6.65. The van der Waals surface area contributed by atoms with Gasteiger partial charge in [-0.1, -0.05) is 55.3 Å². The van der Waals surface area contributed by atoms with Crippen molar-refractivity contribution >= 4 is 46.1 Å². The zero-order chi connectivity index (χ0) is 12.3. The van der Waals surface area contributed by atoms with E-state index in [1.165, 1.54) is 49.9 Å². The molecule has 1 unspecified atom stereocenters. The number of halogens is 3. The van der Waals surface area contributed by atoms with Crippen LogP contribution in [0.1, 0.15) is 55.9 Å². The summed E-state index contributed by atoms with van der Waals surface area (Å²) < 4.78 is 1.48. The standard InChI is InChI=1S/C13H17Cl3S/c14-11(10-8-12(15)17-13(10)16)7-6-9-4-2-1-3-5-9/h8-9,11H,1-7H2. The molecule has 0 amide bonds. The number of hydrogen-bond acceptors (Lipinski definition) is 1. The van der Waals surface area contributed by atoms with Crippen molar-refractivity contribution in [2.45, 2.75) is 50.3 Å². The van der Waals surface area contributed by atoms with Gasteiger partial charge in [0.25, 0.3) is 0 Å². The lowest BCUT2D eigenvalue weighted by atomic mass is 9.85. The maximum absolute atomic E-state index is 6.41. The molecular weight excluding hydrogens is 295 g/mol. The summed E-state index contributed by atoms with van der Waals surface area (Å²) in [6, 6.07) is 1.91. The molecule has 4 heteroatoms. The topological polar surface area (TPSA) is 0 Å². The number of hydrogen-bond donors (Lipinski definition) is 0. The first-order valence-corrected chi connectivity index (χ1v) is 8.26. The van der Waals surface area contributed by atoms with Gasteiger partial charge in [0.15, 0.2) is 0 Å². The van der Waals surface area contributed by atoms with Crippen molar-refractivity contribution in [3.05, 3.63) is 20.3 Å². The van der Waals surface area contributed by atoms with E-state index in [2.05, 4.69) is 0 Å². The molecule has 1 fully saturated rings. The van der Waals surface area contributed by atoms with E-state index in [4.69, 9.17) is 34.8 Å². The maximum Gasteiger partial charge on any atom is 0.0991 e. The first kappa shape index (κ1) is 14.0. The second-order valence-electron chi connectivity index (χ2n) is 4.83. The normalized spacial score (nSPS) is 19.5. The molecule has 1 aromatic rings. The van der Waals surface area contributed by atoms with Crippen molar-refractivity contribution in [2.24, 2.45) is 5.92 Å². The molecule has 0 saturated heterocycles. The Balaban J connectivity index is 1.84. The molecule has 0 bridgehead atoms. The van der Waals surface area contributed by atoms with E-state index in [1.54, 1.807) is 0 Å². The van der Waals surface area contributed by atoms with Gasteiger partial charge in [0, 0.05) is 5.56 Å². The van der Waals surface area contributed by atoms with Gasteiger partial charge in [-0.3, -0.25) is 0 Å². The van der Waals surface area contributed by atoms with E-state index in [0.717, 1.165) is 26.6 Å². The third-order valence-electron chi connectivity index (χ3n) is 3.57.